The van der Waals surface area contributed by atoms with Crippen LogP contribution in [-0.4, -0.2) is 19.1 Å². The predicted molar refractivity (Wildman–Crippen MR) is 58.2 cm³/mol. The number of ether oxygens (including phenoxy) is 1. The zero-order valence-corrected chi connectivity index (χ0v) is 8.19. The lowest BCUT2D eigenvalue weighted by Crippen LogP contribution is -2.28. The number of hydrogen-bond donors (Lipinski definition) is 2. The van der Waals surface area contributed by atoms with E-state index in [2.05, 4.69) is 11.2 Å². The third kappa shape index (κ3) is 4.05. The number of nitrogen functional groups attached to an aromatic ring is 1. The van der Waals surface area contributed by atoms with Gasteiger partial charge < -0.3 is 15.8 Å². The van der Waals surface area contributed by atoms with Crippen molar-refractivity contribution in [3.05, 3.63) is 24.3 Å². The number of anilines is 1. The van der Waals surface area contributed by atoms with Gasteiger partial charge in [-0.05, 0) is 24.3 Å². The van der Waals surface area contributed by atoms with E-state index < -0.39 is 0 Å². The Hall–Kier alpha value is -2.15. The molecule has 0 bridgehead atoms. The summed E-state index contributed by atoms with van der Waals surface area (Å²) in [7, 11) is 0. The van der Waals surface area contributed by atoms with Crippen LogP contribution < -0.4 is 15.8 Å². The van der Waals surface area contributed by atoms with Crippen molar-refractivity contribution in [1.82, 2.24) is 5.32 Å². The summed E-state index contributed by atoms with van der Waals surface area (Å²) in [6, 6.07) is 6.80. The van der Waals surface area contributed by atoms with Crippen LogP contribution in [0.25, 0.3) is 0 Å². The van der Waals surface area contributed by atoms with Crippen molar-refractivity contribution in [2.24, 2.45) is 0 Å². The van der Waals surface area contributed by atoms with Crippen molar-refractivity contribution in [2.45, 2.75) is 0 Å². The van der Waals surface area contributed by atoms with Crippen LogP contribution in [0.2, 0.25) is 0 Å². The SMILES string of the molecule is C#CCNC(=O)COc1ccc(N)cc1. The highest BCUT2D eigenvalue weighted by Crippen LogP contribution is 2.12. The first kappa shape index (κ1) is 10.9. The molecule has 0 aliphatic rings. The highest BCUT2D eigenvalue weighted by atomic mass is 16.5. The molecule has 1 aromatic carbocycles. The molecule has 0 aromatic heterocycles. The predicted octanol–water partition coefficient (Wildman–Crippen LogP) is 0.397. The van der Waals surface area contributed by atoms with E-state index in [1.54, 1.807) is 24.3 Å². The van der Waals surface area contributed by atoms with Gasteiger partial charge in [-0.2, -0.15) is 0 Å². The molecule has 4 nitrogen and oxygen atoms in total. The molecule has 0 aliphatic heterocycles. The molecule has 0 heterocycles. The Morgan fingerprint density at radius 1 is 1.47 bits per heavy atom. The number of nitrogens with one attached hydrogen (secondary N) is 1. The minimum absolute atomic E-state index is 0.0500. The van der Waals surface area contributed by atoms with Crippen molar-refractivity contribution in [1.29, 1.82) is 0 Å². The van der Waals surface area contributed by atoms with Gasteiger partial charge >= 0.3 is 0 Å². The summed E-state index contributed by atoms with van der Waals surface area (Å²) in [5, 5.41) is 2.49. The second-order valence-corrected chi connectivity index (χ2v) is 2.84. The van der Waals surface area contributed by atoms with E-state index in [0.717, 1.165) is 0 Å². The lowest BCUT2D eigenvalue weighted by molar-refractivity contribution is -0.122. The van der Waals surface area contributed by atoms with Crippen LogP contribution in [-0.2, 0) is 4.79 Å². The number of rotatable bonds is 4. The standard InChI is InChI=1S/C11H12N2O2/c1-2-7-13-11(14)8-15-10-5-3-9(12)4-6-10/h1,3-6H,7-8,12H2,(H,13,14). The fourth-order valence-corrected chi connectivity index (χ4v) is 0.914. The molecule has 0 spiro atoms. The highest BCUT2D eigenvalue weighted by molar-refractivity contribution is 5.77. The second kappa shape index (κ2) is 5.55. The third-order valence-electron chi connectivity index (χ3n) is 1.64. The minimum Gasteiger partial charge on any atom is -0.484 e. The zero-order valence-electron chi connectivity index (χ0n) is 8.19. The fraction of sp³-hybridized carbons (Fsp3) is 0.182. The molecule has 15 heavy (non-hydrogen) atoms. The number of carbonyl (C=O) groups is 1. The number of carbonyl (C=O) groups excluding carboxylic acids is 1. The molecular weight excluding hydrogens is 192 g/mol. The lowest BCUT2D eigenvalue weighted by atomic mass is 10.3. The van der Waals surface area contributed by atoms with E-state index in [4.69, 9.17) is 16.9 Å². The maximum atomic E-state index is 11.1. The molecular formula is C11H12N2O2. The molecule has 1 amide bonds. The summed E-state index contributed by atoms with van der Waals surface area (Å²) in [5.41, 5.74) is 6.14. The van der Waals surface area contributed by atoms with Gasteiger partial charge in [-0.3, -0.25) is 4.79 Å². The molecule has 3 N–H and O–H groups in total. The monoisotopic (exact) mass is 204 g/mol. The number of terminal acetylenes is 1. The van der Waals surface area contributed by atoms with Crippen LogP contribution in [0.3, 0.4) is 0 Å². The van der Waals surface area contributed by atoms with Gasteiger partial charge in [-0.25, -0.2) is 0 Å². The summed E-state index contributed by atoms with van der Waals surface area (Å²) in [5.74, 6) is 2.65. The molecule has 0 aliphatic carbocycles. The van der Waals surface area contributed by atoms with Crippen molar-refractivity contribution >= 4 is 11.6 Å². The van der Waals surface area contributed by atoms with Crippen molar-refractivity contribution in [2.75, 3.05) is 18.9 Å². The Labute approximate surface area is 88.4 Å². The number of nitrogens with two attached hydrogens (primary N) is 1. The molecule has 0 atom stereocenters. The van der Waals surface area contributed by atoms with E-state index in [9.17, 15) is 4.79 Å². The molecule has 1 aromatic rings. The Kier molecular flexibility index (Phi) is 4.05. The Morgan fingerprint density at radius 2 is 2.13 bits per heavy atom. The number of hydrogen-bond acceptors (Lipinski definition) is 3. The van der Waals surface area contributed by atoms with Gasteiger partial charge in [-0.15, -0.1) is 6.42 Å². The first-order valence-corrected chi connectivity index (χ1v) is 4.41. The fourth-order valence-electron chi connectivity index (χ4n) is 0.914. The van der Waals surface area contributed by atoms with Crippen LogP contribution in [0.1, 0.15) is 0 Å². The third-order valence-corrected chi connectivity index (χ3v) is 1.64. The van der Waals surface area contributed by atoms with Crippen LogP contribution in [0.15, 0.2) is 24.3 Å². The van der Waals surface area contributed by atoms with E-state index in [1.807, 2.05) is 0 Å². The molecule has 0 saturated carbocycles. The van der Waals surface area contributed by atoms with Crippen LogP contribution in [0, 0.1) is 12.3 Å². The van der Waals surface area contributed by atoms with Crippen molar-refractivity contribution < 1.29 is 9.53 Å². The Morgan fingerprint density at radius 3 is 2.73 bits per heavy atom. The van der Waals surface area contributed by atoms with E-state index >= 15 is 0 Å². The first-order valence-electron chi connectivity index (χ1n) is 4.41. The van der Waals surface area contributed by atoms with Gasteiger partial charge in [0.15, 0.2) is 6.61 Å². The summed E-state index contributed by atoms with van der Waals surface area (Å²) < 4.78 is 5.18. The van der Waals surface area contributed by atoms with Gasteiger partial charge in [0.2, 0.25) is 0 Å². The number of amides is 1. The quantitative estimate of drug-likeness (QED) is 0.551. The van der Waals surface area contributed by atoms with Gasteiger partial charge in [0.25, 0.3) is 5.91 Å². The summed E-state index contributed by atoms with van der Waals surface area (Å²) in [6.45, 7) is 0.162. The summed E-state index contributed by atoms with van der Waals surface area (Å²) in [6.07, 6.45) is 4.98. The van der Waals surface area contributed by atoms with Gasteiger partial charge in [-0.1, -0.05) is 5.92 Å². The van der Waals surface area contributed by atoms with Crippen molar-refractivity contribution in [3.8, 4) is 18.1 Å². The maximum Gasteiger partial charge on any atom is 0.258 e. The van der Waals surface area contributed by atoms with Crippen LogP contribution >= 0.6 is 0 Å². The smallest absolute Gasteiger partial charge is 0.258 e. The molecule has 78 valence electrons. The maximum absolute atomic E-state index is 11.1. The molecule has 0 saturated heterocycles. The lowest BCUT2D eigenvalue weighted by Gasteiger charge is -2.05. The molecule has 1 rings (SSSR count). The molecule has 0 radical (unpaired) electrons. The first-order chi connectivity index (χ1) is 7.22. The largest absolute Gasteiger partial charge is 0.484 e. The highest BCUT2D eigenvalue weighted by Gasteiger charge is 2.00. The normalized spacial score (nSPS) is 9.00. The topological polar surface area (TPSA) is 64.3 Å². The van der Waals surface area contributed by atoms with E-state index in [1.165, 1.54) is 0 Å². The Balaban J connectivity index is 2.34. The average Bonchev–Trinajstić information content (AvgIpc) is 2.25. The molecule has 4 heteroatoms. The number of benzene rings is 1. The summed E-state index contributed by atoms with van der Waals surface area (Å²) >= 11 is 0. The summed E-state index contributed by atoms with van der Waals surface area (Å²) in [4.78, 5) is 11.1. The molecule has 0 unspecified atom stereocenters. The second-order valence-electron chi connectivity index (χ2n) is 2.84. The molecule has 0 fully saturated rings. The van der Waals surface area contributed by atoms with Crippen molar-refractivity contribution in [3.63, 3.8) is 0 Å². The van der Waals surface area contributed by atoms with E-state index in [-0.39, 0.29) is 19.1 Å². The van der Waals surface area contributed by atoms with Gasteiger partial charge in [0.1, 0.15) is 5.75 Å². The minimum atomic E-state index is -0.246. The van der Waals surface area contributed by atoms with Gasteiger partial charge in [0, 0.05) is 5.69 Å². The average molecular weight is 204 g/mol. The van der Waals surface area contributed by atoms with Gasteiger partial charge in [0.05, 0.1) is 6.54 Å². The van der Waals surface area contributed by atoms with Crippen LogP contribution in [0.5, 0.6) is 5.75 Å². The van der Waals surface area contributed by atoms with E-state index in [0.29, 0.717) is 11.4 Å². The van der Waals surface area contributed by atoms with Crippen LogP contribution in [0.4, 0.5) is 5.69 Å². The Bertz CT molecular complexity index is 365. The zero-order chi connectivity index (χ0) is 11.1.